The Hall–Kier alpha value is -1.59. The third-order valence-electron chi connectivity index (χ3n) is 10.8. The second-order valence-electron chi connectivity index (χ2n) is 16.9. The molecule has 0 rings (SSSR count). The van der Waals surface area contributed by atoms with Crippen molar-refractivity contribution in [2.45, 2.75) is 271 Å². The van der Waals surface area contributed by atoms with Gasteiger partial charge in [0.25, 0.3) is 0 Å². The fourth-order valence-corrected chi connectivity index (χ4v) is 7.16. The van der Waals surface area contributed by atoms with E-state index in [1.807, 2.05) is 0 Å². The molecule has 0 saturated carbocycles. The molecule has 54 heavy (non-hydrogen) atoms. The van der Waals surface area contributed by atoms with Crippen LogP contribution >= 0.6 is 0 Å². The summed E-state index contributed by atoms with van der Waals surface area (Å²) in [7, 11) is 0. The Morgan fingerprint density at radius 2 is 0.611 bits per heavy atom. The molecule has 0 heterocycles. The zero-order chi connectivity index (χ0) is 39.6. The summed E-state index contributed by atoms with van der Waals surface area (Å²) >= 11 is 0. The molecular formula is C48H92O6. The van der Waals surface area contributed by atoms with Crippen LogP contribution < -0.4 is 0 Å². The lowest BCUT2D eigenvalue weighted by atomic mass is 10.0. The van der Waals surface area contributed by atoms with Crippen molar-refractivity contribution in [1.29, 1.82) is 0 Å². The van der Waals surface area contributed by atoms with Crippen molar-refractivity contribution in [3.05, 3.63) is 0 Å². The second-order valence-corrected chi connectivity index (χ2v) is 16.9. The summed E-state index contributed by atoms with van der Waals surface area (Å²) in [5, 5.41) is 0. The minimum absolute atomic E-state index is 0.0651. The van der Waals surface area contributed by atoms with Crippen LogP contribution in [-0.4, -0.2) is 37.2 Å². The van der Waals surface area contributed by atoms with E-state index in [1.54, 1.807) is 0 Å². The summed E-state index contributed by atoms with van der Waals surface area (Å²) in [6.07, 6.45) is 42.7. The van der Waals surface area contributed by atoms with Gasteiger partial charge < -0.3 is 14.2 Å². The molecule has 0 aliphatic carbocycles. The smallest absolute Gasteiger partial charge is 0.306 e. The lowest BCUT2D eigenvalue weighted by molar-refractivity contribution is -0.167. The minimum Gasteiger partial charge on any atom is -0.462 e. The molecule has 6 nitrogen and oxygen atoms in total. The highest BCUT2D eigenvalue weighted by Gasteiger charge is 2.19. The quantitative estimate of drug-likeness (QED) is 0.0349. The number of unbranched alkanes of at least 4 members (excludes halogenated alkanes) is 30. The molecule has 0 spiro atoms. The van der Waals surface area contributed by atoms with E-state index in [1.165, 1.54) is 154 Å². The summed E-state index contributed by atoms with van der Waals surface area (Å²) in [4.78, 5) is 37.5. The van der Waals surface area contributed by atoms with Gasteiger partial charge in [0, 0.05) is 19.3 Å². The Kier molecular flexibility index (Phi) is 41.3. The number of esters is 3. The fraction of sp³-hybridized carbons (Fsp3) is 0.938. The van der Waals surface area contributed by atoms with Crippen molar-refractivity contribution in [3.8, 4) is 0 Å². The van der Waals surface area contributed by atoms with Crippen LogP contribution in [0.5, 0.6) is 0 Å². The minimum atomic E-state index is -0.758. The van der Waals surface area contributed by atoms with Gasteiger partial charge in [-0.05, 0) is 25.2 Å². The van der Waals surface area contributed by atoms with Crippen molar-refractivity contribution < 1.29 is 28.6 Å². The van der Waals surface area contributed by atoms with Gasteiger partial charge in [0.05, 0.1) is 0 Å². The Balaban J connectivity index is 4.12. The van der Waals surface area contributed by atoms with E-state index in [2.05, 4.69) is 27.7 Å². The normalized spacial score (nSPS) is 11.9. The first kappa shape index (κ1) is 52.4. The lowest BCUT2D eigenvalue weighted by Gasteiger charge is -2.18. The van der Waals surface area contributed by atoms with Gasteiger partial charge in [-0.1, -0.05) is 227 Å². The van der Waals surface area contributed by atoms with Crippen LogP contribution in [0.4, 0.5) is 0 Å². The molecule has 0 aromatic heterocycles. The van der Waals surface area contributed by atoms with Crippen molar-refractivity contribution in [2.24, 2.45) is 5.92 Å². The van der Waals surface area contributed by atoms with Gasteiger partial charge >= 0.3 is 17.9 Å². The molecule has 0 fully saturated rings. The molecule has 0 aliphatic heterocycles. The van der Waals surface area contributed by atoms with Crippen LogP contribution in [0.15, 0.2) is 0 Å². The predicted molar refractivity (Wildman–Crippen MR) is 229 cm³/mol. The zero-order valence-electron chi connectivity index (χ0n) is 36.7. The van der Waals surface area contributed by atoms with E-state index in [0.717, 1.165) is 70.1 Å². The van der Waals surface area contributed by atoms with Crippen LogP contribution in [0.25, 0.3) is 0 Å². The maximum absolute atomic E-state index is 12.7. The number of ether oxygens (including phenoxy) is 3. The molecule has 0 aromatic carbocycles. The molecule has 1 atom stereocenters. The second kappa shape index (κ2) is 42.6. The largest absolute Gasteiger partial charge is 0.462 e. The van der Waals surface area contributed by atoms with Crippen LogP contribution in [0.3, 0.4) is 0 Å². The van der Waals surface area contributed by atoms with E-state index < -0.39 is 6.10 Å². The predicted octanol–water partition coefficient (Wildman–Crippen LogP) is 15.1. The molecule has 0 amide bonds. The van der Waals surface area contributed by atoms with Gasteiger partial charge in [-0.3, -0.25) is 14.4 Å². The van der Waals surface area contributed by atoms with Gasteiger partial charge in [0.15, 0.2) is 6.10 Å². The number of carbonyl (C=O) groups excluding carboxylic acids is 3. The first-order valence-corrected chi connectivity index (χ1v) is 23.9. The summed E-state index contributed by atoms with van der Waals surface area (Å²) < 4.78 is 16.6. The van der Waals surface area contributed by atoms with Crippen LogP contribution in [0, 0.1) is 5.92 Å². The Bertz CT molecular complexity index is 811. The number of hydrogen-bond donors (Lipinski definition) is 0. The third kappa shape index (κ3) is 41.6. The highest BCUT2D eigenvalue weighted by Crippen LogP contribution is 2.17. The maximum Gasteiger partial charge on any atom is 0.306 e. The fourth-order valence-electron chi connectivity index (χ4n) is 7.16. The molecule has 0 bridgehead atoms. The maximum atomic E-state index is 12.7. The molecular weight excluding hydrogens is 673 g/mol. The standard InChI is InChI=1S/C48H92O6/c1-5-7-9-11-12-13-14-15-16-17-18-19-20-21-22-25-29-33-37-41-48(51)54-45(42-52-46(49)39-35-30-10-8-6-2)43-53-47(50)40-36-32-28-26-23-24-27-31-34-38-44(3)4/h44-45H,5-43H2,1-4H3/t45-/m0/s1. The Morgan fingerprint density at radius 3 is 0.907 bits per heavy atom. The van der Waals surface area contributed by atoms with E-state index >= 15 is 0 Å². The summed E-state index contributed by atoms with van der Waals surface area (Å²) in [5.41, 5.74) is 0. The summed E-state index contributed by atoms with van der Waals surface area (Å²) in [6.45, 7) is 8.91. The average Bonchev–Trinajstić information content (AvgIpc) is 3.15. The lowest BCUT2D eigenvalue weighted by Crippen LogP contribution is -2.30. The average molecular weight is 765 g/mol. The Morgan fingerprint density at radius 1 is 0.352 bits per heavy atom. The number of carbonyl (C=O) groups is 3. The van der Waals surface area contributed by atoms with E-state index in [9.17, 15) is 14.4 Å². The highest BCUT2D eigenvalue weighted by atomic mass is 16.6. The molecule has 0 N–H and O–H groups in total. The third-order valence-corrected chi connectivity index (χ3v) is 10.8. The van der Waals surface area contributed by atoms with Crippen molar-refractivity contribution in [1.82, 2.24) is 0 Å². The SMILES string of the molecule is CCCCCCCCCCCCCCCCCCCCCC(=O)O[C@@H](COC(=O)CCCCCCC)COC(=O)CCCCCCCCCCCC(C)C. The number of rotatable bonds is 43. The molecule has 0 saturated heterocycles. The van der Waals surface area contributed by atoms with Gasteiger partial charge in [-0.15, -0.1) is 0 Å². The highest BCUT2D eigenvalue weighted by molar-refractivity contribution is 5.71. The summed E-state index contributed by atoms with van der Waals surface area (Å²) in [5.74, 6) is -0.0582. The molecule has 0 radical (unpaired) electrons. The molecule has 0 unspecified atom stereocenters. The van der Waals surface area contributed by atoms with Gasteiger partial charge in [-0.25, -0.2) is 0 Å². The van der Waals surface area contributed by atoms with Crippen LogP contribution in [-0.2, 0) is 28.6 Å². The summed E-state index contributed by atoms with van der Waals surface area (Å²) in [6, 6.07) is 0. The van der Waals surface area contributed by atoms with E-state index in [0.29, 0.717) is 19.3 Å². The zero-order valence-corrected chi connectivity index (χ0v) is 36.7. The first-order valence-electron chi connectivity index (χ1n) is 23.9. The van der Waals surface area contributed by atoms with E-state index in [-0.39, 0.29) is 31.1 Å². The van der Waals surface area contributed by atoms with Crippen molar-refractivity contribution in [3.63, 3.8) is 0 Å². The molecule has 6 heteroatoms. The van der Waals surface area contributed by atoms with Gasteiger partial charge in [-0.2, -0.15) is 0 Å². The molecule has 320 valence electrons. The molecule has 0 aliphatic rings. The Labute approximate surface area is 336 Å². The molecule has 0 aromatic rings. The van der Waals surface area contributed by atoms with Crippen molar-refractivity contribution >= 4 is 17.9 Å². The van der Waals surface area contributed by atoms with Crippen molar-refractivity contribution in [2.75, 3.05) is 13.2 Å². The number of hydrogen-bond acceptors (Lipinski definition) is 6. The van der Waals surface area contributed by atoms with Gasteiger partial charge in [0.2, 0.25) is 0 Å². The van der Waals surface area contributed by atoms with Gasteiger partial charge in [0.1, 0.15) is 13.2 Å². The van der Waals surface area contributed by atoms with E-state index in [4.69, 9.17) is 14.2 Å². The van der Waals surface area contributed by atoms with Crippen LogP contribution in [0.1, 0.15) is 265 Å². The monoisotopic (exact) mass is 765 g/mol. The first-order chi connectivity index (χ1) is 26.4. The topological polar surface area (TPSA) is 78.9 Å². The van der Waals surface area contributed by atoms with Crippen LogP contribution in [0.2, 0.25) is 0 Å².